The number of nitrogens with zero attached hydrogens (tertiary/aromatic N) is 1. The summed E-state index contributed by atoms with van der Waals surface area (Å²) in [6.45, 7) is 2.74. The van der Waals surface area contributed by atoms with Crippen molar-refractivity contribution < 1.29 is 19.4 Å². The van der Waals surface area contributed by atoms with E-state index in [1.807, 2.05) is 49.4 Å². The maximum atomic E-state index is 12.1. The van der Waals surface area contributed by atoms with E-state index in [-0.39, 0.29) is 19.0 Å². The molecule has 0 saturated carbocycles. The van der Waals surface area contributed by atoms with Crippen LogP contribution in [0.25, 0.3) is 0 Å². The molecule has 1 amide bonds. The molecule has 0 aliphatic rings. The molecule has 0 saturated heterocycles. The fraction of sp³-hybridized carbons (Fsp3) is 0.300. The SMILES string of the molecule is Cc1cccc(OCCCNC(=O)CN(CC(=O)O)c2ccccc2)c1. The van der Waals surface area contributed by atoms with E-state index in [4.69, 9.17) is 9.84 Å². The van der Waals surface area contributed by atoms with Gasteiger partial charge in [0, 0.05) is 12.2 Å². The third-order valence-electron chi connectivity index (χ3n) is 3.68. The van der Waals surface area contributed by atoms with Crippen molar-refractivity contribution in [1.82, 2.24) is 5.32 Å². The number of ether oxygens (including phenoxy) is 1. The second kappa shape index (κ2) is 10.1. The lowest BCUT2D eigenvalue weighted by Gasteiger charge is -2.22. The van der Waals surface area contributed by atoms with Gasteiger partial charge in [-0.25, -0.2) is 0 Å². The second-order valence-corrected chi connectivity index (χ2v) is 5.95. The molecule has 2 aromatic carbocycles. The van der Waals surface area contributed by atoms with Crippen molar-refractivity contribution >= 4 is 17.6 Å². The largest absolute Gasteiger partial charge is 0.494 e. The number of rotatable bonds is 10. The summed E-state index contributed by atoms with van der Waals surface area (Å²) in [5.74, 6) is -0.382. The van der Waals surface area contributed by atoms with Crippen molar-refractivity contribution in [3.63, 3.8) is 0 Å². The van der Waals surface area contributed by atoms with Gasteiger partial charge in [0.05, 0.1) is 13.2 Å². The van der Waals surface area contributed by atoms with Gasteiger partial charge in [-0.3, -0.25) is 9.59 Å². The number of amides is 1. The normalized spacial score (nSPS) is 10.2. The first-order chi connectivity index (χ1) is 12.5. The highest BCUT2D eigenvalue weighted by atomic mass is 16.5. The van der Waals surface area contributed by atoms with Crippen LogP contribution in [0.1, 0.15) is 12.0 Å². The molecule has 2 rings (SSSR count). The van der Waals surface area contributed by atoms with Gasteiger partial charge in [0.2, 0.25) is 5.91 Å². The average molecular weight is 356 g/mol. The van der Waals surface area contributed by atoms with Gasteiger partial charge in [-0.1, -0.05) is 30.3 Å². The molecule has 138 valence electrons. The fourth-order valence-electron chi connectivity index (χ4n) is 2.46. The van der Waals surface area contributed by atoms with Gasteiger partial charge < -0.3 is 20.1 Å². The molecule has 0 bridgehead atoms. The van der Waals surface area contributed by atoms with Crippen LogP contribution in [0.2, 0.25) is 0 Å². The Bertz CT molecular complexity index is 719. The number of anilines is 1. The molecule has 0 aromatic heterocycles. The molecular weight excluding hydrogens is 332 g/mol. The first-order valence-corrected chi connectivity index (χ1v) is 8.52. The number of carbonyl (C=O) groups excluding carboxylic acids is 1. The maximum Gasteiger partial charge on any atom is 0.323 e. The third-order valence-corrected chi connectivity index (χ3v) is 3.68. The zero-order valence-corrected chi connectivity index (χ0v) is 14.9. The summed E-state index contributed by atoms with van der Waals surface area (Å²) in [4.78, 5) is 24.7. The number of hydrogen-bond donors (Lipinski definition) is 2. The Labute approximate surface area is 153 Å². The summed E-state index contributed by atoms with van der Waals surface area (Å²) in [5, 5.41) is 11.8. The molecule has 6 heteroatoms. The molecule has 0 aliphatic heterocycles. The monoisotopic (exact) mass is 356 g/mol. The summed E-state index contributed by atoms with van der Waals surface area (Å²) >= 11 is 0. The molecule has 0 spiro atoms. The minimum atomic E-state index is -0.979. The van der Waals surface area contributed by atoms with Crippen LogP contribution in [0.5, 0.6) is 5.75 Å². The molecule has 2 N–H and O–H groups in total. The summed E-state index contributed by atoms with van der Waals surface area (Å²) in [6.07, 6.45) is 0.671. The Hall–Kier alpha value is -3.02. The number of carboxylic acids is 1. The van der Waals surface area contributed by atoms with Crippen LogP contribution in [0.3, 0.4) is 0 Å². The highest BCUT2D eigenvalue weighted by molar-refractivity contribution is 5.84. The average Bonchev–Trinajstić information content (AvgIpc) is 2.61. The van der Waals surface area contributed by atoms with Crippen LogP contribution in [0.4, 0.5) is 5.69 Å². The molecule has 0 radical (unpaired) electrons. The minimum Gasteiger partial charge on any atom is -0.494 e. The fourth-order valence-corrected chi connectivity index (χ4v) is 2.46. The first kappa shape index (κ1) is 19.3. The van der Waals surface area contributed by atoms with E-state index >= 15 is 0 Å². The molecule has 0 unspecified atom stereocenters. The Balaban J connectivity index is 1.73. The van der Waals surface area contributed by atoms with Gasteiger partial charge in [0.15, 0.2) is 0 Å². The van der Waals surface area contributed by atoms with E-state index in [1.165, 1.54) is 4.90 Å². The Morgan fingerprint density at radius 1 is 1.08 bits per heavy atom. The lowest BCUT2D eigenvalue weighted by Crippen LogP contribution is -2.40. The van der Waals surface area contributed by atoms with Crippen LogP contribution < -0.4 is 15.0 Å². The molecule has 2 aromatic rings. The molecule has 0 aliphatic carbocycles. The van der Waals surface area contributed by atoms with Crippen LogP contribution >= 0.6 is 0 Å². The Morgan fingerprint density at radius 3 is 2.54 bits per heavy atom. The molecular formula is C20H24N2O4. The highest BCUT2D eigenvalue weighted by Gasteiger charge is 2.14. The zero-order chi connectivity index (χ0) is 18.8. The van der Waals surface area contributed by atoms with Crippen LogP contribution in [0.15, 0.2) is 54.6 Å². The van der Waals surface area contributed by atoms with E-state index in [2.05, 4.69) is 5.32 Å². The highest BCUT2D eigenvalue weighted by Crippen LogP contribution is 2.13. The van der Waals surface area contributed by atoms with E-state index in [0.29, 0.717) is 25.3 Å². The predicted molar refractivity (Wildman–Crippen MR) is 101 cm³/mol. The lowest BCUT2D eigenvalue weighted by atomic mass is 10.2. The van der Waals surface area contributed by atoms with Gasteiger partial charge in [-0.2, -0.15) is 0 Å². The van der Waals surface area contributed by atoms with Crippen molar-refractivity contribution in [1.29, 1.82) is 0 Å². The number of aryl methyl sites for hydroxylation is 1. The van der Waals surface area contributed by atoms with E-state index in [0.717, 1.165) is 11.3 Å². The van der Waals surface area contributed by atoms with Crippen LogP contribution in [0, 0.1) is 6.92 Å². The zero-order valence-electron chi connectivity index (χ0n) is 14.9. The van der Waals surface area contributed by atoms with E-state index in [1.54, 1.807) is 12.1 Å². The number of carboxylic acid groups (broad SMARTS) is 1. The molecule has 0 fully saturated rings. The number of hydrogen-bond acceptors (Lipinski definition) is 4. The van der Waals surface area contributed by atoms with Crippen LogP contribution in [-0.2, 0) is 9.59 Å². The van der Waals surface area contributed by atoms with Crippen molar-refractivity contribution in [2.45, 2.75) is 13.3 Å². The van der Waals surface area contributed by atoms with E-state index in [9.17, 15) is 9.59 Å². The van der Waals surface area contributed by atoms with Crippen LogP contribution in [-0.4, -0.2) is 43.2 Å². The topological polar surface area (TPSA) is 78.9 Å². The van der Waals surface area contributed by atoms with Crippen molar-refractivity contribution in [2.75, 3.05) is 31.1 Å². The quantitative estimate of drug-likeness (QED) is 0.640. The van der Waals surface area contributed by atoms with Crippen molar-refractivity contribution in [2.24, 2.45) is 0 Å². The standard InChI is InChI=1S/C20H24N2O4/c1-16-7-5-10-18(13-16)26-12-6-11-21-19(23)14-22(15-20(24)25)17-8-3-2-4-9-17/h2-5,7-10,13H,6,11-12,14-15H2,1H3,(H,21,23)(H,24,25). The van der Waals surface area contributed by atoms with Crippen molar-refractivity contribution in [3.05, 3.63) is 60.2 Å². The summed E-state index contributed by atoms with van der Waals surface area (Å²) in [5.41, 5.74) is 1.84. The number of benzene rings is 2. The van der Waals surface area contributed by atoms with Gasteiger partial charge in [-0.05, 0) is 43.2 Å². The summed E-state index contributed by atoms with van der Waals surface area (Å²) < 4.78 is 5.63. The molecule has 0 heterocycles. The van der Waals surface area contributed by atoms with Crippen molar-refractivity contribution in [3.8, 4) is 5.75 Å². The number of nitrogens with one attached hydrogen (secondary N) is 1. The number of carbonyl (C=O) groups is 2. The minimum absolute atomic E-state index is 0.00491. The van der Waals surface area contributed by atoms with Gasteiger partial charge in [0.1, 0.15) is 12.3 Å². The number of para-hydroxylation sites is 1. The Kier molecular flexibility index (Phi) is 7.49. The summed E-state index contributed by atoms with van der Waals surface area (Å²) in [6, 6.07) is 16.8. The summed E-state index contributed by atoms with van der Waals surface area (Å²) in [7, 11) is 0. The number of aliphatic carboxylic acids is 1. The first-order valence-electron chi connectivity index (χ1n) is 8.52. The second-order valence-electron chi connectivity index (χ2n) is 5.95. The predicted octanol–water partition coefficient (Wildman–Crippen LogP) is 2.47. The molecule has 6 nitrogen and oxygen atoms in total. The van der Waals surface area contributed by atoms with Gasteiger partial charge in [0.25, 0.3) is 0 Å². The molecule has 0 atom stereocenters. The maximum absolute atomic E-state index is 12.1. The molecule has 26 heavy (non-hydrogen) atoms. The third kappa shape index (κ3) is 6.84. The Morgan fingerprint density at radius 2 is 1.85 bits per heavy atom. The lowest BCUT2D eigenvalue weighted by molar-refractivity contribution is -0.135. The van der Waals surface area contributed by atoms with E-state index < -0.39 is 5.97 Å². The van der Waals surface area contributed by atoms with Gasteiger partial charge in [-0.15, -0.1) is 0 Å². The van der Waals surface area contributed by atoms with Gasteiger partial charge >= 0.3 is 5.97 Å². The smallest absolute Gasteiger partial charge is 0.323 e.